The van der Waals surface area contributed by atoms with E-state index in [2.05, 4.69) is 19.7 Å². The summed E-state index contributed by atoms with van der Waals surface area (Å²) in [7, 11) is 0. The van der Waals surface area contributed by atoms with Gasteiger partial charge in [-0.3, -0.25) is 4.79 Å². The first-order valence-electron chi connectivity index (χ1n) is 9.22. The standard InChI is InChI=1S/C19H20FN5O2S/c20-12-7-4-8-13-14(12)17(23-10-22-13)24-19-15(16(21)26)18(25-28-19)27-9-11-5-2-1-3-6-11/h4,7-8,10-11H,1-3,5-6,9H2,(H2,21,26)(H,22,23,24). The van der Waals surface area contributed by atoms with Crippen LogP contribution in [0.1, 0.15) is 42.5 Å². The van der Waals surface area contributed by atoms with Crippen LogP contribution < -0.4 is 15.8 Å². The largest absolute Gasteiger partial charge is 0.476 e. The van der Waals surface area contributed by atoms with Gasteiger partial charge >= 0.3 is 0 Å². The molecule has 0 radical (unpaired) electrons. The average Bonchev–Trinajstić information content (AvgIpc) is 3.10. The summed E-state index contributed by atoms with van der Waals surface area (Å²) in [5, 5.41) is 3.58. The Morgan fingerprint density at radius 3 is 2.89 bits per heavy atom. The Morgan fingerprint density at radius 1 is 1.29 bits per heavy atom. The van der Waals surface area contributed by atoms with Crippen LogP contribution in [0.3, 0.4) is 0 Å². The summed E-state index contributed by atoms with van der Waals surface area (Å²) in [5.41, 5.74) is 6.18. The third kappa shape index (κ3) is 3.75. The van der Waals surface area contributed by atoms with Gasteiger partial charge in [0.25, 0.3) is 5.91 Å². The fourth-order valence-corrected chi connectivity index (χ4v) is 4.24. The number of rotatable bonds is 6. The van der Waals surface area contributed by atoms with Crippen molar-refractivity contribution in [3.63, 3.8) is 0 Å². The van der Waals surface area contributed by atoms with E-state index in [0.29, 0.717) is 23.0 Å². The zero-order chi connectivity index (χ0) is 19.5. The number of carbonyl (C=O) groups is 1. The van der Waals surface area contributed by atoms with Gasteiger partial charge in [0.05, 0.1) is 17.5 Å². The summed E-state index contributed by atoms with van der Waals surface area (Å²) in [4.78, 5) is 20.2. The zero-order valence-electron chi connectivity index (χ0n) is 15.2. The van der Waals surface area contributed by atoms with E-state index in [1.165, 1.54) is 31.7 Å². The van der Waals surface area contributed by atoms with Gasteiger partial charge in [0.15, 0.2) is 0 Å². The Hall–Kier alpha value is -2.81. The molecule has 1 aliphatic rings. The van der Waals surface area contributed by atoms with Crippen molar-refractivity contribution < 1.29 is 13.9 Å². The normalized spacial score (nSPS) is 14.9. The lowest BCUT2D eigenvalue weighted by Crippen LogP contribution is -2.18. The molecule has 146 valence electrons. The topological polar surface area (TPSA) is 103 Å². The van der Waals surface area contributed by atoms with Crippen molar-refractivity contribution in [2.75, 3.05) is 11.9 Å². The summed E-state index contributed by atoms with van der Waals surface area (Å²) in [6.07, 6.45) is 7.23. The number of nitrogens with two attached hydrogens (primary N) is 1. The minimum Gasteiger partial charge on any atom is -0.476 e. The lowest BCUT2D eigenvalue weighted by atomic mass is 9.90. The van der Waals surface area contributed by atoms with Crippen LogP contribution in [-0.4, -0.2) is 26.9 Å². The Balaban J connectivity index is 1.60. The minimum absolute atomic E-state index is 0.156. The van der Waals surface area contributed by atoms with E-state index in [4.69, 9.17) is 10.5 Å². The van der Waals surface area contributed by atoms with Gasteiger partial charge in [-0.1, -0.05) is 25.3 Å². The first-order valence-corrected chi connectivity index (χ1v) is 9.99. The van der Waals surface area contributed by atoms with Crippen molar-refractivity contribution in [3.8, 4) is 5.88 Å². The van der Waals surface area contributed by atoms with E-state index in [-0.39, 0.29) is 22.6 Å². The molecule has 0 aliphatic heterocycles. The highest BCUT2D eigenvalue weighted by Crippen LogP contribution is 2.35. The molecule has 4 rings (SSSR count). The van der Waals surface area contributed by atoms with Crippen molar-refractivity contribution in [2.45, 2.75) is 32.1 Å². The van der Waals surface area contributed by atoms with Crippen LogP contribution in [0.4, 0.5) is 15.2 Å². The number of primary amides is 1. The molecule has 1 amide bonds. The van der Waals surface area contributed by atoms with Gasteiger partial charge in [-0.15, -0.1) is 0 Å². The van der Waals surface area contributed by atoms with Crippen molar-refractivity contribution in [3.05, 3.63) is 35.9 Å². The molecule has 0 saturated heterocycles. The molecule has 1 aromatic carbocycles. The van der Waals surface area contributed by atoms with E-state index in [0.717, 1.165) is 24.4 Å². The number of nitrogens with zero attached hydrogens (tertiary/aromatic N) is 3. The number of hydrogen-bond donors (Lipinski definition) is 2. The molecule has 2 aromatic heterocycles. The number of anilines is 2. The first kappa shape index (κ1) is 18.5. The van der Waals surface area contributed by atoms with E-state index in [1.54, 1.807) is 12.1 Å². The summed E-state index contributed by atoms with van der Waals surface area (Å²) in [5.74, 6) is -0.196. The van der Waals surface area contributed by atoms with Crippen molar-refractivity contribution in [2.24, 2.45) is 11.7 Å². The maximum Gasteiger partial charge on any atom is 0.257 e. The molecule has 3 aromatic rings. The number of halogens is 1. The van der Waals surface area contributed by atoms with Crippen LogP contribution in [0.25, 0.3) is 10.9 Å². The first-order chi connectivity index (χ1) is 13.6. The zero-order valence-corrected chi connectivity index (χ0v) is 16.0. The van der Waals surface area contributed by atoms with Crippen LogP contribution >= 0.6 is 11.5 Å². The molecule has 1 aliphatic carbocycles. The predicted octanol–water partition coefficient (Wildman–Crippen LogP) is 4.03. The van der Waals surface area contributed by atoms with Crippen LogP contribution in [0.15, 0.2) is 24.5 Å². The monoisotopic (exact) mass is 401 g/mol. The lowest BCUT2D eigenvalue weighted by molar-refractivity contribution is 0.0995. The van der Waals surface area contributed by atoms with Crippen LogP contribution in [-0.2, 0) is 0 Å². The van der Waals surface area contributed by atoms with Gasteiger partial charge in [0.1, 0.15) is 28.5 Å². The fourth-order valence-electron chi connectivity index (χ4n) is 3.50. The number of benzene rings is 1. The van der Waals surface area contributed by atoms with E-state index < -0.39 is 11.7 Å². The summed E-state index contributed by atoms with van der Waals surface area (Å²) in [6, 6.07) is 4.59. The van der Waals surface area contributed by atoms with Crippen molar-refractivity contribution in [1.82, 2.24) is 14.3 Å². The molecule has 0 spiro atoms. The molecule has 28 heavy (non-hydrogen) atoms. The highest BCUT2D eigenvalue weighted by molar-refractivity contribution is 7.11. The van der Waals surface area contributed by atoms with Gasteiger partial charge < -0.3 is 15.8 Å². The molecule has 1 saturated carbocycles. The highest BCUT2D eigenvalue weighted by Gasteiger charge is 2.23. The SMILES string of the molecule is NC(=O)c1c(OCC2CCCCC2)nsc1Nc1ncnc2cccc(F)c12. The quantitative estimate of drug-likeness (QED) is 0.646. The van der Waals surface area contributed by atoms with Crippen LogP contribution in [0, 0.1) is 11.7 Å². The molecule has 0 unspecified atom stereocenters. The number of amides is 1. The summed E-state index contributed by atoms with van der Waals surface area (Å²) in [6.45, 7) is 0.508. The van der Waals surface area contributed by atoms with Crippen LogP contribution in [0.5, 0.6) is 5.88 Å². The molecule has 0 bridgehead atoms. The second kappa shape index (κ2) is 8.05. The van der Waals surface area contributed by atoms with Crippen molar-refractivity contribution in [1.29, 1.82) is 0 Å². The molecule has 1 fully saturated rings. The van der Waals surface area contributed by atoms with Gasteiger partial charge in [0.2, 0.25) is 5.88 Å². The molecule has 7 nitrogen and oxygen atoms in total. The Labute approximate surface area is 165 Å². The summed E-state index contributed by atoms with van der Waals surface area (Å²) < 4.78 is 24.4. The molecule has 0 atom stereocenters. The summed E-state index contributed by atoms with van der Waals surface area (Å²) >= 11 is 1.03. The molecular weight excluding hydrogens is 381 g/mol. The third-order valence-corrected chi connectivity index (χ3v) is 5.68. The van der Waals surface area contributed by atoms with E-state index >= 15 is 0 Å². The Morgan fingerprint density at radius 2 is 2.11 bits per heavy atom. The molecule has 9 heteroatoms. The third-order valence-electron chi connectivity index (χ3n) is 4.93. The van der Waals surface area contributed by atoms with Gasteiger partial charge in [-0.25, -0.2) is 14.4 Å². The molecular formula is C19H20FN5O2S. The van der Waals surface area contributed by atoms with Crippen LogP contribution in [0.2, 0.25) is 0 Å². The predicted molar refractivity (Wildman–Crippen MR) is 105 cm³/mol. The van der Waals surface area contributed by atoms with E-state index in [1.807, 2.05) is 0 Å². The second-order valence-corrected chi connectivity index (χ2v) is 7.63. The maximum atomic E-state index is 14.3. The number of ether oxygens (including phenoxy) is 1. The number of fused-ring (bicyclic) bond motifs is 1. The minimum atomic E-state index is -0.659. The molecule has 3 N–H and O–H groups in total. The Kier molecular flexibility index (Phi) is 5.34. The molecule has 2 heterocycles. The average molecular weight is 401 g/mol. The second-order valence-electron chi connectivity index (χ2n) is 6.85. The maximum absolute atomic E-state index is 14.3. The lowest BCUT2D eigenvalue weighted by Gasteiger charge is -2.21. The smallest absolute Gasteiger partial charge is 0.257 e. The van der Waals surface area contributed by atoms with Crippen molar-refractivity contribution >= 4 is 39.2 Å². The highest BCUT2D eigenvalue weighted by atomic mass is 32.1. The number of aromatic nitrogens is 3. The fraction of sp³-hybridized carbons (Fsp3) is 0.368. The van der Waals surface area contributed by atoms with Gasteiger partial charge in [0, 0.05) is 0 Å². The number of carbonyl (C=O) groups excluding carboxylic acids is 1. The number of nitrogens with one attached hydrogen (secondary N) is 1. The van der Waals surface area contributed by atoms with Gasteiger partial charge in [-0.05, 0) is 42.4 Å². The Bertz CT molecular complexity index is 998. The van der Waals surface area contributed by atoms with E-state index in [9.17, 15) is 9.18 Å². The van der Waals surface area contributed by atoms with Gasteiger partial charge in [-0.2, -0.15) is 4.37 Å². The number of hydrogen-bond acceptors (Lipinski definition) is 7.